The van der Waals surface area contributed by atoms with E-state index >= 15 is 0 Å². The van der Waals surface area contributed by atoms with Crippen molar-refractivity contribution in [3.05, 3.63) is 51.7 Å². The molecule has 0 aliphatic heterocycles. The Morgan fingerprint density at radius 3 is 2.71 bits per heavy atom. The van der Waals surface area contributed by atoms with Crippen molar-refractivity contribution >= 4 is 29.0 Å². The molecule has 1 heterocycles. The highest BCUT2D eigenvalue weighted by Crippen LogP contribution is 2.19. The zero-order valence-corrected chi connectivity index (χ0v) is 12.4. The number of aryl methyl sites for hydroxylation is 1. The summed E-state index contributed by atoms with van der Waals surface area (Å²) in [5, 5.41) is 16.5. The largest absolute Gasteiger partial charge is 0.478 e. The van der Waals surface area contributed by atoms with Gasteiger partial charge in [-0.25, -0.2) is 9.59 Å². The first-order valence-electron chi connectivity index (χ1n) is 6.48. The highest BCUT2D eigenvalue weighted by molar-refractivity contribution is 7.09. The number of aromatic carboxylic acids is 1. The molecule has 21 heavy (non-hydrogen) atoms. The van der Waals surface area contributed by atoms with Gasteiger partial charge in [-0.1, -0.05) is 18.2 Å². The van der Waals surface area contributed by atoms with Gasteiger partial charge < -0.3 is 15.7 Å². The average molecular weight is 304 g/mol. The second kappa shape index (κ2) is 6.90. The summed E-state index contributed by atoms with van der Waals surface area (Å²) < 4.78 is 0. The Balaban J connectivity index is 1.93. The van der Waals surface area contributed by atoms with Gasteiger partial charge in [-0.3, -0.25) is 0 Å². The summed E-state index contributed by atoms with van der Waals surface area (Å²) in [4.78, 5) is 24.2. The molecule has 3 N–H and O–H groups in total. The number of carboxylic acids is 1. The predicted molar refractivity (Wildman–Crippen MR) is 83.2 cm³/mol. The standard InChI is InChI=1S/C15H16N2O3S/c1-10-4-2-6-12(13(10)14(18)19)17-15(20)16-8-7-11-5-3-9-21-11/h2-6,9H,7-8H2,1H3,(H,18,19)(H2,16,17,20). The summed E-state index contributed by atoms with van der Waals surface area (Å²) in [6, 6.07) is 8.56. The van der Waals surface area contributed by atoms with Crippen LogP contribution in [-0.2, 0) is 6.42 Å². The van der Waals surface area contributed by atoms with E-state index in [-0.39, 0.29) is 5.56 Å². The third kappa shape index (κ3) is 4.06. The van der Waals surface area contributed by atoms with Crippen molar-refractivity contribution in [2.75, 3.05) is 11.9 Å². The van der Waals surface area contributed by atoms with Gasteiger partial charge in [0.05, 0.1) is 11.3 Å². The normalized spacial score (nSPS) is 10.1. The molecule has 6 heteroatoms. The lowest BCUT2D eigenvalue weighted by Gasteiger charge is -2.11. The molecule has 0 aliphatic carbocycles. The fourth-order valence-electron chi connectivity index (χ4n) is 1.98. The smallest absolute Gasteiger partial charge is 0.338 e. The number of urea groups is 1. The van der Waals surface area contributed by atoms with Gasteiger partial charge in [0.25, 0.3) is 0 Å². The Hall–Kier alpha value is -2.34. The number of thiophene rings is 1. The quantitative estimate of drug-likeness (QED) is 0.794. The van der Waals surface area contributed by atoms with E-state index in [1.54, 1.807) is 36.5 Å². The van der Waals surface area contributed by atoms with Crippen LogP contribution in [0.1, 0.15) is 20.8 Å². The van der Waals surface area contributed by atoms with Crippen LogP contribution in [0.3, 0.4) is 0 Å². The average Bonchev–Trinajstić information content (AvgIpc) is 2.91. The lowest BCUT2D eigenvalue weighted by atomic mass is 10.1. The number of anilines is 1. The highest BCUT2D eigenvalue weighted by atomic mass is 32.1. The van der Waals surface area contributed by atoms with Crippen LogP contribution in [-0.4, -0.2) is 23.7 Å². The van der Waals surface area contributed by atoms with Gasteiger partial charge in [-0.2, -0.15) is 0 Å². The second-order valence-electron chi connectivity index (χ2n) is 4.51. The van der Waals surface area contributed by atoms with Crippen molar-refractivity contribution in [3.63, 3.8) is 0 Å². The second-order valence-corrected chi connectivity index (χ2v) is 5.55. The predicted octanol–water partition coefficient (Wildman–Crippen LogP) is 3.12. The van der Waals surface area contributed by atoms with Crippen LogP contribution < -0.4 is 10.6 Å². The maximum Gasteiger partial charge on any atom is 0.338 e. The topological polar surface area (TPSA) is 78.4 Å². The van der Waals surface area contributed by atoms with Crippen LogP contribution in [0.5, 0.6) is 0 Å². The fraction of sp³-hybridized carbons (Fsp3) is 0.200. The number of benzene rings is 1. The van der Waals surface area contributed by atoms with Crippen molar-refractivity contribution in [2.24, 2.45) is 0 Å². The molecular weight excluding hydrogens is 288 g/mol. The van der Waals surface area contributed by atoms with Crippen molar-refractivity contribution < 1.29 is 14.7 Å². The summed E-state index contributed by atoms with van der Waals surface area (Å²) in [5.41, 5.74) is 1.03. The molecule has 2 aromatic rings. The first-order chi connectivity index (χ1) is 10.1. The van der Waals surface area contributed by atoms with E-state index in [0.717, 1.165) is 6.42 Å². The van der Waals surface area contributed by atoms with Gasteiger partial charge in [-0.15, -0.1) is 11.3 Å². The first-order valence-corrected chi connectivity index (χ1v) is 7.36. The van der Waals surface area contributed by atoms with Crippen LogP contribution in [0.4, 0.5) is 10.5 Å². The minimum Gasteiger partial charge on any atom is -0.478 e. The summed E-state index contributed by atoms with van der Waals surface area (Å²) in [7, 11) is 0. The monoisotopic (exact) mass is 304 g/mol. The van der Waals surface area contributed by atoms with E-state index in [4.69, 9.17) is 0 Å². The number of hydrogen-bond acceptors (Lipinski definition) is 3. The Labute approximate surface area is 126 Å². The molecule has 1 aromatic carbocycles. The van der Waals surface area contributed by atoms with Gasteiger partial charge in [0, 0.05) is 11.4 Å². The minimum absolute atomic E-state index is 0.117. The van der Waals surface area contributed by atoms with E-state index in [0.29, 0.717) is 17.8 Å². The van der Waals surface area contributed by atoms with Crippen LogP contribution in [0.2, 0.25) is 0 Å². The van der Waals surface area contributed by atoms with E-state index in [9.17, 15) is 14.7 Å². The molecule has 0 saturated carbocycles. The first kappa shape index (κ1) is 15.1. The summed E-state index contributed by atoms with van der Waals surface area (Å²) in [6.07, 6.45) is 0.755. The Morgan fingerprint density at radius 2 is 2.05 bits per heavy atom. The van der Waals surface area contributed by atoms with Crippen LogP contribution in [0, 0.1) is 6.92 Å². The highest BCUT2D eigenvalue weighted by Gasteiger charge is 2.14. The number of carbonyl (C=O) groups excluding carboxylic acids is 1. The van der Waals surface area contributed by atoms with E-state index in [2.05, 4.69) is 10.6 Å². The molecular formula is C15H16N2O3S. The van der Waals surface area contributed by atoms with Crippen molar-refractivity contribution in [2.45, 2.75) is 13.3 Å². The zero-order chi connectivity index (χ0) is 15.2. The van der Waals surface area contributed by atoms with Gasteiger partial charge >= 0.3 is 12.0 Å². The van der Waals surface area contributed by atoms with Crippen LogP contribution in [0.25, 0.3) is 0 Å². The number of carbonyl (C=O) groups is 2. The maximum atomic E-state index is 11.8. The molecule has 0 unspecified atom stereocenters. The zero-order valence-electron chi connectivity index (χ0n) is 11.6. The molecule has 0 fully saturated rings. The molecule has 2 rings (SSSR count). The molecule has 1 aromatic heterocycles. The number of nitrogens with one attached hydrogen (secondary N) is 2. The molecule has 0 spiro atoms. The fourth-order valence-corrected chi connectivity index (χ4v) is 2.69. The molecule has 0 atom stereocenters. The molecule has 0 radical (unpaired) electrons. The summed E-state index contributed by atoms with van der Waals surface area (Å²) >= 11 is 1.64. The molecule has 110 valence electrons. The Bertz CT molecular complexity index is 638. The molecule has 0 aliphatic rings. The van der Waals surface area contributed by atoms with Crippen molar-refractivity contribution in [1.29, 1.82) is 0 Å². The van der Waals surface area contributed by atoms with Gasteiger partial charge in [-0.05, 0) is 36.4 Å². The van der Waals surface area contributed by atoms with Gasteiger partial charge in [0.2, 0.25) is 0 Å². The third-order valence-corrected chi connectivity index (χ3v) is 3.91. The number of hydrogen-bond donors (Lipinski definition) is 3. The molecule has 5 nitrogen and oxygen atoms in total. The third-order valence-electron chi connectivity index (χ3n) is 2.97. The van der Waals surface area contributed by atoms with Crippen LogP contribution >= 0.6 is 11.3 Å². The maximum absolute atomic E-state index is 11.8. The molecule has 0 saturated heterocycles. The molecule has 0 bridgehead atoms. The summed E-state index contributed by atoms with van der Waals surface area (Å²) in [5.74, 6) is -1.05. The van der Waals surface area contributed by atoms with Crippen LogP contribution in [0.15, 0.2) is 35.7 Å². The van der Waals surface area contributed by atoms with E-state index < -0.39 is 12.0 Å². The number of amides is 2. The Kier molecular flexibility index (Phi) is 4.94. The van der Waals surface area contributed by atoms with Crippen molar-refractivity contribution in [3.8, 4) is 0 Å². The van der Waals surface area contributed by atoms with Crippen molar-refractivity contribution in [1.82, 2.24) is 5.32 Å². The van der Waals surface area contributed by atoms with Gasteiger partial charge in [0.1, 0.15) is 0 Å². The van der Waals surface area contributed by atoms with E-state index in [1.807, 2.05) is 17.5 Å². The lowest BCUT2D eigenvalue weighted by Crippen LogP contribution is -2.31. The lowest BCUT2D eigenvalue weighted by molar-refractivity contribution is 0.0697. The number of rotatable bonds is 5. The van der Waals surface area contributed by atoms with Gasteiger partial charge in [0.15, 0.2) is 0 Å². The minimum atomic E-state index is -1.05. The Morgan fingerprint density at radius 1 is 1.24 bits per heavy atom. The van der Waals surface area contributed by atoms with E-state index in [1.165, 1.54) is 4.88 Å². The summed E-state index contributed by atoms with van der Waals surface area (Å²) in [6.45, 7) is 2.20. The molecule has 2 amide bonds. The number of carboxylic acid groups (broad SMARTS) is 1. The SMILES string of the molecule is Cc1cccc(NC(=O)NCCc2cccs2)c1C(=O)O.